The lowest BCUT2D eigenvalue weighted by molar-refractivity contribution is -0.115. The summed E-state index contributed by atoms with van der Waals surface area (Å²) >= 11 is 0. The molecule has 0 aromatic carbocycles. The molecule has 23 heavy (non-hydrogen) atoms. The van der Waals surface area contributed by atoms with Crippen molar-refractivity contribution >= 4 is 0 Å². The molecule has 0 saturated heterocycles. The molecule has 3 heteroatoms. The van der Waals surface area contributed by atoms with Gasteiger partial charge in [0, 0.05) is 5.92 Å². The van der Waals surface area contributed by atoms with Crippen LogP contribution in [-0.2, 0) is 0 Å². The molecule has 0 aromatic heterocycles. The number of allylic oxidation sites excluding steroid dienone is 3. The van der Waals surface area contributed by atoms with E-state index in [1.807, 2.05) is 0 Å². The lowest BCUT2D eigenvalue weighted by Gasteiger charge is -2.38. The monoisotopic (exact) mass is 322 g/mol. The van der Waals surface area contributed by atoms with Gasteiger partial charge in [-0.2, -0.15) is 0 Å². The third kappa shape index (κ3) is 3.72. The molecule has 0 bridgehead atoms. The van der Waals surface area contributed by atoms with Crippen LogP contribution in [0.2, 0.25) is 0 Å². The molecule has 3 N–H and O–H groups in total. The molecule has 0 aliphatic heterocycles. The van der Waals surface area contributed by atoms with E-state index in [0.29, 0.717) is 12.3 Å². The zero-order valence-corrected chi connectivity index (χ0v) is 15.1. The Kier molecular flexibility index (Phi) is 5.76. The molecule has 0 aromatic rings. The number of hydrogen-bond acceptors (Lipinski definition) is 3. The Morgan fingerprint density at radius 3 is 2.65 bits per heavy atom. The van der Waals surface area contributed by atoms with Crippen LogP contribution in [0.1, 0.15) is 59.8 Å². The second-order valence-corrected chi connectivity index (χ2v) is 8.30. The Morgan fingerprint density at radius 1 is 1.39 bits per heavy atom. The molecule has 2 aliphatic rings. The summed E-state index contributed by atoms with van der Waals surface area (Å²) in [5, 5.41) is 32.0. The molecule has 2 rings (SSSR count). The number of rotatable bonds is 4. The zero-order chi connectivity index (χ0) is 17.4. The molecule has 2 saturated carbocycles. The van der Waals surface area contributed by atoms with Crippen molar-refractivity contribution in [2.45, 2.75) is 77.6 Å². The summed E-state index contributed by atoms with van der Waals surface area (Å²) in [6.45, 7) is 12.3. The van der Waals surface area contributed by atoms with E-state index >= 15 is 0 Å². The van der Waals surface area contributed by atoms with E-state index in [-0.39, 0.29) is 17.8 Å². The van der Waals surface area contributed by atoms with E-state index in [1.54, 1.807) is 6.92 Å². The fourth-order valence-corrected chi connectivity index (χ4v) is 4.70. The summed E-state index contributed by atoms with van der Waals surface area (Å²) in [7, 11) is 0. The van der Waals surface area contributed by atoms with Gasteiger partial charge in [-0.1, -0.05) is 30.7 Å². The van der Waals surface area contributed by atoms with Gasteiger partial charge in [0.05, 0.1) is 17.8 Å². The number of aliphatic hydroxyl groups excluding tert-OH is 2. The van der Waals surface area contributed by atoms with E-state index < -0.39 is 17.8 Å². The Morgan fingerprint density at radius 2 is 2.04 bits per heavy atom. The summed E-state index contributed by atoms with van der Waals surface area (Å²) in [5.41, 5.74) is 1.19. The average molecular weight is 322 g/mol. The fourth-order valence-electron chi connectivity index (χ4n) is 4.70. The predicted molar refractivity (Wildman–Crippen MR) is 93.9 cm³/mol. The minimum atomic E-state index is -1.23. The molecule has 3 nitrogen and oxygen atoms in total. The highest BCUT2D eigenvalue weighted by Crippen LogP contribution is 2.51. The quantitative estimate of drug-likeness (QED) is 0.695. The summed E-state index contributed by atoms with van der Waals surface area (Å²) in [4.78, 5) is 0. The van der Waals surface area contributed by atoms with Crippen LogP contribution in [0.4, 0.5) is 0 Å². The first-order valence-corrected chi connectivity index (χ1v) is 9.05. The first-order valence-electron chi connectivity index (χ1n) is 9.05. The minimum absolute atomic E-state index is 0.0324. The molecule has 0 spiro atoms. The van der Waals surface area contributed by atoms with E-state index in [0.717, 1.165) is 31.3 Å². The van der Waals surface area contributed by atoms with Crippen LogP contribution in [0.3, 0.4) is 0 Å². The smallest absolute Gasteiger partial charge is 0.0936 e. The van der Waals surface area contributed by atoms with E-state index in [2.05, 4.69) is 33.4 Å². The van der Waals surface area contributed by atoms with Crippen molar-refractivity contribution in [2.24, 2.45) is 23.7 Å². The minimum Gasteiger partial charge on any atom is -0.392 e. The number of hydrogen-bond donors (Lipinski definition) is 3. The van der Waals surface area contributed by atoms with Gasteiger partial charge < -0.3 is 15.3 Å². The predicted octanol–water partition coefficient (Wildman–Crippen LogP) is 3.44. The molecule has 0 radical (unpaired) electrons. The molecular formula is C20H34O3. The van der Waals surface area contributed by atoms with Gasteiger partial charge in [0.25, 0.3) is 0 Å². The van der Waals surface area contributed by atoms with Gasteiger partial charge in [-0.05, 0) is 70.6 Å². The van der Waals surface area contributed by atoms with Crippen molar-refractivity contribution in [2.75, 3.05) is 0 Å². The maximum atomic E-state index is 11.0. The third-order valence-corrected chi connectivity index (χ3v) is 6.30. The van der Waals surface area contributed by atoms with E-state index in [1.165, 1.54) is 5.57 Å². The highest BCUT2D eigenvalue weighted by Gasteiger charge is 2.56. The van der Waals surface area contributed by atoms with Crippen molar-refractivity contribution in [3.8, 4) is 0 Å². The molecule has 0 heterocycles. The van der Waals surface area contributed by atoms with Crippen LogP contribution >= 0.6 is 0 Å². The zero-order valence-electron chi connectivity index (χ0n) is 15.1. The topological polar surface area (TPSA) is 60.7 Å². The third-order valence-electron chi connectivity index (χ3n) is 6.30. The Labute approximate surface area is 141 Å². The highest BCUT2D eigenvalue weighted by molar-refractivity contribution is 5.17. The van der Waals surface area contributed by atoms with Crippen molar-refractivity contribution in [1.82, 2.24) is 0 Å². The first-order chi connectivity index (χ1) is 10.7. The maximum absolute atomic E-state index is 11.0. The van der Waals surface area contributed by atoms with E-state index in [9.17, 15) is 15.3 Å². The first kappa shape index (κ1) is 18.7. The Balaban J connectivity index is 2.16. The Hall–Kier alpha value is -0.640. The van der Waals surface area contributed by atoms with Crippen LogP contribution < -0.4 is 0 Å². The molecule has 132 valence electrons. The van der Waals surface area contributed by atoms with Crippen molar-refractivity contribution in [3.63, 3.8) is 0 Å². The molecule has 7 atom stereocenters. The summed E-state index contributed by atoms with van der Waals surface area (Å²) < 4.78 is 0. The van der Waals surface area contributed by atoms with Crippen LogP contribution in [0.25, 0.3) is 0 Å². The second-order valence-electron chi connectivity index (χ2n) is 8.30. The average Bonchev–Trinajstić information content (AvgIpc) is 2.60. The van der Waals surface area contributed by atoms with Crippen LogP contribution in [0.5, 0.6) is 0 Å². The molecule has 2 fully saturated rings. The largest absolute Gasteiger partial charge is 0.392 e. The second kappa shape index (κ2) is 7.08. The summed E-state index contributed by atoms with van der Waals surface area (Å²) in [6, 6.07) is 0. The standard InChI is InChI=1S/C20H34O3/c1-12(2)7-6-8-13(3)15-10-9-14(4)16-11-17(21)20(5,23)18(16)19(15)22/h7,13,15-19,21-23H,4,6,8-11H2,1-3,5H3/t13-,15+,16+,17+,18-,19-,20-/m1/s1. The van der Waals surface area contributed by atoms with Gasteiger partial charge in [-0.25, -0.2) is 0 Å². The normalized spacial score (nSPS) is 42.0. The van der Waals surface area contributed by atoms with Crippen molar-refractivity contribution in [1.29, 1.82) is 0 Å². The maximum Gasteiger partial charge on any atom is 0.0936 e. The lowest BCUT2D eigenvalue weighted by Crippen LogP contribution is -2.48. The highest BCUT2D eigenvalue weighted by atomic mass is 16.3. The van der Waals surface area contributed by atoms with Crippen molar-refractivity contribution < 1.29 is 15.3 Å². The van der Waals surface area contributed by atoms with Gasteiger partial charge in [0.2, 0.25) is 0 Å². The van der Waals surface area contributed by atoms with Crippen molar-refractivity contribution in [3.05, 3.63) is 23.8 Å². The molecule has 2 aliphatic carbocycles. The summed E-state index contributed by atoms with van der Waals surface area (Å²) in [5.74, 6) is 0.276. The number of aliphatic hydroxyl groups is 3. The van der Waals surface area contributed by atoms with Crippen LogP contribution in [0.15, 0.2) is 23.8 Å². The van der Waals surface area contributed by atoms with Crippen LogP contribution in [0, 0.1) is 23.7 Å². The Bertz CT molecular complexity index is 462. The van der Waals surface area contributed by atoms with Gasteiger partial charge in [0.15, 0.2) is 0 Å². The fraction of sp³-hybridized carbons (Fsp3) is 0.800. The molecule has 0 unspecified atom stereocenters. The van der Waals surface area contributed by atoms with Gasteiger partial charge >= 0.3 is 0 Å². The molecular weight excluding hydrogens is 288 g/mol. The van der Waals surface area contributed by atoms with Gasteiger partial charge in [-0.3, -0.25) is 0 Å². The van der Waals surface area contributed by atoms with Crippen LogP contribution in [-0.4, -0.2) is 33.1 Å². The van der Waals surface area contributed by atoms with E-state index in [4.69, 9.17) is 0 Å². The lowest BCUT2D eigenvalue weighted by atomic mass is 9.73. The SMILES string of the molecule is C=C1CC[C@@H]([C@H](C)CCC=C(C)C)[C@@H](O)[C@H]2[C@H]1C[C@H](O)[C@@]2(C)O. The van der Waals surface area contributed by atoms with Gasteiger partial charge in [-0.15, -0.1) is 0 Å². The van der Waals surface area contributed by atoms with Gasteiger partial charge in [0.1, 0.15) is 0 Å². The molecule has 0 amide bonds. The summed E-state index contributed by atoms with van der Waals surface area (Å²) in [6.07, 6.45) is 5.30. The number of fused-ring (bicyclic) bond motifs is 1.